The summed E-state index contributed by atoms with van der Waals surface area (Å²) < 4.78 is 30.8. The van der Waals surface area contributed by atoms with Crippen molar-refractivity contribution in [2.24, 2.45) is 5.92 Å². The van der Waals surface area contributed by atoms with Gasteiger partial charge in [0.1, 0.15) is 18.0 Å². The summed E-state index contributed by atoms with van der Waals surface area (Å²) >= 11 is -1.96. The topological polar surface area (TPSA) is 102 Å². The molecule has 1 aromatic rings. The molecular weight excluding hydrogens is 399 g/mol. The monoisotopic (exact) mass is 424 g/mol. The van der Waals surface area contributed by atoms with E-state index in [-0.39, 0.29) is 30.2 Å². The first-order chi connectivity index (χ1) is 13.8. The largest absolute Gasteiger partial charge is 0.506 e. The van der Waals surface area contributed by atoms with Gasteiger partial charge in [-0.15, -0.1) is 0 Å². The third kappa shape index (κ3) is 3.48. The molecule has 0 spiro atoms. The highest BCUT2D eigenvalue weighted by atomic mass is 32.2. The molecule has 2 saturated heterocycles. The molecule has 0 saturated carbocycles. The molecule has 2 fully saturated rings. The van der Waals surface area contributed by atoms with Gasteiger partial charge in [-0.1, -0.05) is 13.8 Å². The maximum atomic E-state index is 15.5. The van der Waals surface area contributed by atoms with Gasteiger partial charge in [0.05, 0.1) is 11.7 Å². The molecule has 8 nitrogen and oxygen atoms in total. The first-order valence-corrected chi connectivity index (χ1v) is 11.0. The van der Waals surface area contributed by atoms with Crippen molar-refractivity contribution < 1.29 is 23.3 Å². The molecule has 0 aliphatic carbocycles. The van der Waals surface area contributed by atoms with Crippen molar-refractivity contribution in [3.63, 3.8) is 0 Å². The van der Waals surface area contributed by atoms with Gasteiger partial charge in [-0.2, -0.15) is 0 Å². The Balaban J connectivity index is 1.72. The van der Waals surface area contributed by atoms with Crippen molar-refractivity contribution in [3.8, 4) is 5.75 Å². The zero-order chi connectivity index (χ0) is 20.9. The molecule has 10 heteroatoms. The number of benzene rings is 1. The minimum absolute atomic E-state index is 0.0871. The number of amides is 2. The first kappa shape index (κ1) is 20.1. The number of phenols is 1. The van der Waals surface area contributed by atoms with Crippen molar-refractivity contribution >= 4 is 34.4 Å². The lowest BCUT2D eigenvalue weighted by molar-refractivity contribution is -0.118. The van der Waals surface area contributed by atoms with Crippen molar-refractivity contribution in [1.82, 2.24) is 10.0 Å². The van der Waals surface area contributed by atoms with Crippen LogP contribution in [0, 0.1) is 11.7 Å². The molecule has 0 aromatic heterocycles. The van der Waals surface area contributed by atoms with Gasteiger partial charge in [-0.05, 0) is 31.7 Å². The highest BCUT2D eigenvalue weighted by molar-refractivity contribution is 7.85. The van der Waals surface area contributed by atoms with E-state index in [9.17, 15) is 18.9 Å². The average Bonchev–Trinajstić information content (AvgIpc) is 3.18. The summed E-state index contributed by atoms with van der Waals surface area (Å²) in [6, 6.07) is 1.16. The van der Waals surface area contributed by atoms with Crippen LogP contribution in [0.15, 0.2) is 6.07 Å². The molecule has 3 atom stereocenters. The van der Waals surface area contributed by atoms with E-state index in [1.54, 1.807) is 4.90 Å². The van der Waals surface area contributed by atoms with Crippen LogP contribution in [-0.4, -0.2) is 46.3 Å². The molecule has 29 heavy (non-hydrogen) atoms. The normalized spacial score (nSPS) is 26.1. The van der Waals surface area contributed by atoms with Crippen LogP contribution in [0.2, 0.25) is 0 Å². The fourth-order valence-corrected chi connectivity index (χ4v) is 5.30. The third-order valence-electron chi connectivity index (χ3n) is 5.77. The van der Waals surface area contributed by atoms with E-state index in [1.807, 2.05) is 0 Å². The Labute approximate surface area is 171 Å². The zero-order valence-corrected chi connectivity index (χ0v) is 17.2. The maximum absolute atomic E-state index is 15.5. The maximum Gasteiger partial charge on any atom is 0.253 e. The molecular formula is C19H25FN4O4S. The Morgan fingerprint density at radius 3 is 2.83 bits per heavy atom. The van der Waals surface area contributed by atoms with E-state index in [1.165, 1.54) is 6.07 Å². The third-order valence-corrected chi connectivity index (χ3v) is 6.88. The van der Waals surface area contributed by atoms with Gasteiger partial charge in [0.2, 0.25) is 17.1 Å². The summed E-state index contributed by atoms with van der Waals surface area (Å²) in [6.45, 7) is 4.71. The summed E-state index contributed by atoms with van der Waals surface area (Å²) in [5.74, 6) is -1.26. The van der Waals surface area contributed by atoms with Crippen LogP contribution in [0.25, 0.3) is 0 Å². The lowest BCUT2D eigenvalue weighted by Gasteiger charge is -2.39. The standard InChI is InChI=1S/C19H25FN4O4S/c1-10(2)5-6-21-12-7-11-14(24-13(12)3-4-17(24)27)8-15(25)19(18(11)20)23-9-16(26)22-29(23)28/h8,10,12-13,21,25H,3-7,9H2,1-2H3,(H,22,26). The van der Waals surface area contributed by atoms with Crippen molar-refractivity contribution in [1.29, 1.82) is 0 Å². The number of nitrogens with zero attached hydrogens (tertiary/aromatic N) is 2. The number of hydrogen-bond acceptors (Lipinski definition) is 5. The number of fused-ring (bicyclic) bond motifs is 3. The van der Waals surface area contributed by atoms with Crippen molar-refractivity contribution in [2.45, 2.75) is 51.6 Å². The molecule has 1 aromatic carbocycles. The first-order valence-electron chi connectivity index (χ1n) is 9.86. The van der Waals surface area contributed by atoms with E-state index in [0.717, 1.165) is 17.3 Å². The van der Waals surface area contributed by atoms with Gasteiger partial charge in [-0.3, -0.25) is 18.6 Å². The molecule has 3 aliphatic rings. The van der Waals surface area contributed by atoms with E-state index < -0.39 is 28.6 Å². The number of halogens is 1. The number of aromatic hydroxyl groups is 1. The molecule has 158 valence electrons. The molecule has 4 rings (SSSR count). The number of anilines is 2. The summed E-state index contributed by atoms with van der Waals surface area (Å²) in [6.07, 6.45) is 2.37. The van der Waals surface area contributed by atoms with Gasteiger partial charge in [0.15, 0.2) is 5.82 Å². The molecule has 0 bridgehead atoms. The van der Waals surface area contributed by atoms with E-state index in [0.29, 0.717) is 36.4 Å². The zero-order valence-electron chi connectivity index (χ0n) is 16.4. The Morgan fingerprint density at radius 1 is 1.41 bits per heavy atom. The van der Waals surface area contributed by atoms with Crippen LogP contribution in [0.1, 0.15) is 38.7 Å². The number of hydrogen-bond donors (Lipinski definition) is 3. The van der Waals surface area contributed by atoms with Crippen LogP contribution in [0.3, 0.4) is 0 Å². The van der Waals surface area contributed by atoms with Gasteiger partial charge >= 0.3 is 0 Å². The van der Waals surface area contributed by atoms with Gasteiger partial charge in [0.25, 0.3) is 5.91 Å². The van der Waals surface area contributed by atoms with Crippen LogP contribution in [0.5, 0.6) is 5.75 Å². The van der Waals surface area contributed by atoms with Crippen molar-refractivity contribution in [3.05, 3.63) is 17.4 Å². The minimum Gasteiger partial charge on any atom is -0.506 e. The second-order valence-electron chi connectivity index (χ2n) is 8.18. The fraction of sp³-hybridized carbons (Fsp3) is 0.579. The second-order valence-corrected chi connectivity index (χ2v) is 9.33. The van der Waals surface area contributed by atoms with E-state index >= 15 is 4.39 Å². The lowest BCUT2D eigenvalue weighted by Crippen LogP contribution is -2.53. The predicted molar refractivity (Wildman–Crippen MR) is 107 cm³/mol. The SMILES string of the molecule is CC(C)CCNC1Cc2c(cc(O)c(N3CC(=O)NS3=O)c2F)N2C(=O)CCC12. The Morgan fingerprint density at radius 2 is 2.17 bits per heavy atom. The highest BCUT2D eigenvalue weighted by Crippen LogP contribution is 2.45. The van der Waals surface area contributed by atoms with E-state index in [4.69, 9.17) is 0 Å². The van der Waals surface area contributed by atoms with Gasteiger partial charge < -0.3 is 15.3 Å². The van der Waals surface area contributed by atoms with E-state index in [2.05, 4.69) is 23.9 Å². The number of phenolic OH excluding ortho intramolecular Hbond substituents is 1. The Kier molecular flexibility index (Phi) is 5.24. The number of carbonyl (C=O) groups excluding carboxylic acids is 2. The minimum atomic E-state index is -1.96. The quantitative estimate of drug-likeness (QED) is 0.657. The van der Waals surface area contributed by atoms with Gasteiger partial charge in [0, 0.05) is 24.1 Å². The summed E-state index contributed by atoms with van der Waals surface area (Å²) in [5.41, 5.74) is 0.386. The Bertz CT molecular complexity index is 893. The van der Waals surface area contributed by atoms with Gasteiger partial charge in [-0.25, -0.2) is 8.60 Å². The predicted octanol–water partition coefficient (Wildman–Crippen LogP) is 1.10. The lowest BCUT2D eigenvalue weighted by atomic mass is 9.90. The second kappa shape index (κ2) is 7.56. The smallest absolute Gasteiger partial charge is 0.253 e. The average molecular weight is 424 g/mol. The summed E-state index contributed by atoms with van der Waals surface area (Å²) in [5, 5.41) is 13.9. The molecule has 3 aliphatic heterocycles. The molecule has 3 N–H and O–H groups in total. The van der Waals surface area contributed by atoms with Crippen LogP contribution in [-0.2, 0) is 27.2 Å². The molecule has 0 radical (unpaired) electrons. The highest BCUT2D eigenvalue weighted by Gasteiger charge is 2.44. The fourth-order valence-electron chi connectivity index (χ4n) is 4.36. The Hall–Kier alpha value is -2.20. The summed E-state index contributed by atoms with van der Waals surface area (Å²) in [4.78, 5) is 25.7. The number of carbonyl (C=O) groups is 2. The number of rotatable bonds is 5. The van der Waals surface area contributed by atoms with Crippen LogP contribution < -0.4 is 19.2 Å². The molecule has 3 heterocycles. The van der Waals surface area contributed by atoms with Crippen LogP contribution in [0.4, 0.5) is 15.8 Å². The number of nitrogens with one attached hydrogen (secondary N) is 2. The summed E-state index contributed by atoms with van der Waals surface area (Å²) in [7, 11) is 0. The van der Waals surface area contributed by atoms with Crippen LogP contribution >= 0.6 is 0 Å². The van der Waals surface area contributed by atoms with Crippen molar-refractivity contribution in [2.75, 3.05) is 22.3 Å². The molecule has 3 unspecified atom stereocenters. The molecule has 2 amide bonds.